The first-order valence-electron chi connectivity index (χ1n) is 13.7. The monoisotopic (exact) mass is 625 g/mol. The van der Waals surface area contributed by atoms with Crippen LogP contribution in [0, 0.1) is 0 Å². The Morgan fingerprint density at radius 2 is 1.56 bits per heavy atom. The van der Waals surface area contributed by atoms with Gasteiger partial charge in [-0.2, -0.15) is 26.3 Å². The highest BCUT2D eigenvalue weighted by Crippen LogP contribution is 2.34. The minimum absolute atomic E-state index is 0.181. The van der Waals surface area contributed by atoms with Crippen LogP contribution in [0.3, 0.4) is 0 Å². The van der Waals surface area contributed by atoms with E-state index in [9.17, 15) is 31.1 Å². The van der Waals surface area contributed by atoms with E-state index in [1.807, 2.05) is 60.7 Å². The molecule has 6 rings (SSSR count). The van der Waals surface area contributed by atoms with Crippen LogP contribution in [-0.4, -0.2) is 38.7 Å². The van der Waals surface area contributed by atoms with Gasteiger partial charge < -0.3 is 10.1 Å². The van der Waals surface area contributed by atoms with E-state index < -0.39 is 23.9 Å². The van der Waals surface area contributed by atoms with Crippen molar-refractivity contribution in [3.8, 4) is 22.4 Å². The predicted molar refractivity (Wildman–Crippen MR) is 156 cm³/mol. The Balaban J connectivity index is 0.000000515. The number of alkyl halides is 6. The van der Waals surface area contributed by atoms with Crippen molar-refractivity contribution in [3.05, 3.63) is 124 Å². The first-order valence-corrected chi connectivity index (χ1v) is 13.7. The van der Waals surface area contributed by atoms with Gasteiger partial charge in [0.05, 0.1) is 22.2 Å². The van der Waals surface area contributed by atoms with Gasteiger partial charge in [-0.3, -0.25) is 9.69 Å². The number of nitrogens with zero attached hydrogens (tertiary/aromatic N) is 2. The Morgan fingerprint density at radius 1 is 0.867 bits per heavy atom. The van der Waals surface area contributed by atoms with Crippen molar-refractivity contribution in [2.75, 3.05) is 6.54 Å². The van der Waals surface area contributed by atoms with Crippen molar-refractivity contribution < 1.29 is 36.2 Å². The highest BCUT2D eigenvalue weighted by atomic mass is 19.4. The molecule has 45 heavy (non-hydrogen) atoms. The number of hydrogen-bond acceptors (Lipinski definition) is 4. The summed E-state index contributed by atoms with van der Waals surface area (Å²) in [5.74, 6) is -2.76. The SMILES string of the molecule is O=C(O)C(F)(F)F.O=c1[nH]ccc2nc(-c3ccc(CN4CCc5ccc(C(F)(F)F)cc5C4)cc3)c(-c3ccccc3)cc12. The molecule has 0 amide bonds. The molecule has 0 spiro atoms. The lowest BCUT2D eigenvalue weighted by Crippen LogP contribution is -2.30. The molecule has 1 aliphatic heterocycles. The molecule has 0 aliphatic carbocycles. The molecule has 0 atom stereocenters. The third kappa shape index (κ3) is 7.40. The number of H-pyrrole nitrogens is 1. The van der Waals surface area contributed by atoms with Gasteiger partial charge in [-0.25, -0.2) is 9.78 Å². The van der Waals surface area contributed by atoms with E-state index in [0.29, 0.717) is 24.0 Å². The maximum atomic E-state index is 13.2. The number of nitrogens with one attached hydrogen (secondary N) is 1. The van der Waals surface area contributed by atoms with Crippen LogP contribution in [0.25, 0.3) is 33.3 Å². The van der Waals surface area contributed by atoms with Crippen molar-refractivity contribution >= 4 is 16.9 Å². The summed E-state index contributed by atoms with van der Waals surface area (Å²) < 4.78 is 71.3. The minimum atomic E-state index is -5.08. The molecule has 2 aromatic heterocycles. The number of hydrogen-bond donors (Lipinski definition) is 2. The number of benzene rings is 3. The van der Waals surface area contributed by atoms with E-state index >= 15 is 0 Å². The summed E-state index contributed by atoms with van der Waals surface area (Å²) in [5, 5.41) is 7.66. The molecule has 6 nitrogen and oxygen atoms in total. The fourth-order valence-electron chi connectivity index (χ4n) is 5.12. The highest BCUT2D eigenvalue weighted by Gasteiger charge is 2.38. The van der Waals surface area contributed by atoms with Gasteiger partial charge in [0.15, 0.2) is 0 Å². The maximum Gasteiger partial charge on any atom is 0.490 e. The van der Waals surface area contributed by atoms with Crippen LogP contribution < -0.4 is 5.56 Å². The first-order chi connectivity index (χ1) is 21.3. The van der Waals surface area contributed by atoms with E-state index in [1.54, 1.807) is 18.3 Å². The Hall–Kier alpha value is -4.97. The number of aromatic amines is 1. The number of aromatic nitrogens is 2. The molecule has 0 saturated carbocycles. The van der Waals surface area contributed by atoms with Crippen molar-refractivity contribution in [1.82, 2.24) is 14.9 Å². The molecule has 12 heteroatoms. The third-order valence-electron chi connectivity index (χ3n) is 7.34. The zero-order valence-electron chi connectivity index (χ0n) is 23.4. The van der Waals surface area contributed by atoms with Gasteiger partial charge in [0.25, 0.3) is 5.56 Å². The van der Waals surface area contributed by atoms with Crippen LogP contribution in [-0.2, 0) is 30.5 Å². The van der Waals surface area contributed by atoms with Gasteiger partial charge in [-0.1, -0.05) is 60.7 Å². The fraction of sp³-hybridized carbons (Fsp3) is 0.182. The molecule has 1 aliphatic rings. The maximum absolute atomic E-state index is 13.2. The summed E-state index contributed by atoms with van der Waals surface area (Å²) in [5.41, 5.74) is 6.19. The van der Waals surface area contributed by atoms with E-state index in [-0.39, 0.29) is 5.56 Å². The Labute approximate surface area is 252 Å². The van der Waals surface area contributed by atoms with E-state index in [4.69, 9.17) is 14.9 Å². The lowest BCUT2D eigenvalue weighted by atomic mass is 9.96. The van der Waals surface area contributed by atoms with Crippen molar-refractivity contribution in [2.24, 2.45) is 0 Å². The average Bonchev–Trinajstić information content (AvgIpc) is 3.00. The van der Waals surface area contributed by atoms with Gasteiger partial charge in [0.1, 0.15) is 0 Å². The zero-order chi connectivity index (χ0) is 32.4. The lowest BCUT2D eigenvalue weighted by Gasteiger charge is -2.29. The van der Waals surface area contributed by atoms with E-state index in [1.165, 1.54) is 12.1 Å². The second-order valence-electron chi connectivity index (χ2n) is 10.4. The van der Waals surface area contributed by atoms with Crippen LogP contribution in [0.5, 0.6) is 0 Å². The molecule has 3 aromatic carbocycles. The molecule has 0 saturated heterocycles. The molecule has 0 radical (unpaired) electrons. The molecule has 0 fully saturated rings. The number of aliphatic carboxylic acids is 1. The molecule has 3 heterocycles. The Bertz CT molecular complexity index is 1890. The highest BCUT2D eigenvalue weighted by molar-refractivity contribution is 5.91. The zero-order valence-corrected chi connectivity index (χ0v) is 23.4. The summed E-state index contributed by atoms with van der Waals surface area (Å²) in [4.78, 5) is 31.1. The molecule has 0 unspecified atom stereocenters. The van der Waals surface area contributed by atoms with E-state index in [0.717, 1.165) is 52.0 Å². The van der Waals surface area contributed by atoms with Crippen LogP contribution in [0.1, 0.15) is 22.3 Å². The van der Waals surface area contributed by atoms with Crippen LogP contribution in [0.15, 0.2) is 95.9 Å². The average molecular weight is 626 g/mol. The molecular formula is C33H25F6N3O3. The smallest absolute Gasteiger partial charge is 0.475 e. The lowest BCUT2D eigenvalue weighted by molar-refractivity contribution is -0.192. The number of carboxylic acid groups (broad SMARTS) is 1. The third-order valence-corrected chi connectivity index (χ3v) is 7.34. The topological polar surface area (TPSA) is 86.3 Å². The van der Waals surface area contributed by atoms with Gasteiger partial charge >= 0.3 is 18.3 Å². The summed E-state index contributed by atoms with van der Waals surface area (Å²) in [6.07, 6.45) is -7.09. The summed E-state index contributed by atoms with van der Waals surface area (Å²) in [6, 6.07) is 25.7. The number of pyridine rings is 2. The Morgan fingerprint density at radius 3 is 2.20 bits per heavy atom. The van der Waals surface area contributed by atoms with Crippen molar-refractivity contribution in [2.45, 2.75) is 31.9 Å². The number of halogens is 6. The van der Waals surface area contributed by atoms with Gasteiger partial charge in [-0.05, 0) is 52.9 Å². The normalized spacial score (nSPS) is 13.6. The number of carboxylic acids is 1. The van der Waals surface area contributed by atoms with E-state index in [2.05, 4.69) is 9.88 Å². The van der Waals surface area contributed by atoms with Crippen LogP contribution in [0.2, 0.25) is 0 Å². The number of fused-ring (bicyclic) bond motifs is 2. The summed E-state index contributed by atoms with van der Waals surface area (Å²) in [7, 11) is 0. The minimum Gasteiger partial charge on any atom is -0.475 e. The molecule has 5 aromatic rings. The predicted octanol–water partition coefficient (Wildman–Crippen LogP) is 7.47. The standard InChI is InChI=1S/C31H24F3N3O.C2HF3O2/c32-31(33,34)25-11-10-21-13-15-37(19-24(21)16-25)18-20-6-8-23(9-7-20)29-26(22-4-2-1-3-5-22)17-27-28(36-29)12-14-35-30(27)38;3-2(4,5)1(6)7/h1-12,14,16-17H,13,15,18-19H2,(H,35,38);(H,6,7). The molecule has 232 valence electrons. The van der Waals surface area contributed by atoms with Crippen LogP contribution in [0.4, 0.5) is 26.3 Å². The molecule has 2 N–H and O–H groups in total. The fourth-order valence-corrected chi connectivity index (χ4v) is 5.12. The molecular weight excluding hydrogens is 600 g/mol. The summed E-state index contributed by atoms with van der Waals surface area (Å²) >= 11 is 0. The second kappa shape index (κ2) is 12.6. The molecule has 0 bridgehead atoms. The van der Waals surface area contributed by atoms with Crippen molar-refractivity contribution in [1.29, 1.82) is 0 Å². The quantitative estimate of drug-likeness (QED) is 0.203. The van der Waals surface area contributed by atoms with Gasteiger partial charge in [-0.15, -0.1) is 0 Å². The van der Waals surface area contributed by atoms with Gasteiger partial charge in [0.2, 0.25) is 0 Å². The largest absolute Gasteiger partial charge is 0.490 e. The second-order valence-corrected chi connectivity index (χ2v) is 10.4. The number of carbonyl (C=O) groups is 1. The first kappa shape index (κ1) is 31.5. The Kier molecular flexibility index (Phi) is 8.78. The number of rotatable bonds is 4. The van der Waals surface area contributed by atoms with Crippen LogP contribution >= 0.6 is 0 Å². The van der Waals surface area contributed by atoms with Gasteiger partial charge in [0, 0.05) is 37.0 Å². The summed E-state index contributed by atoms with van der Waals surface area (Å²) in [6.45, 7) is 1.92. The van der Waals surface area contributed by atoms with Crippen molar-refractivity contribution in [3.63, 3.8) is 0 Å².